The second-order valence-corrected chi connectivity index (χ2v) is 9.28. The van der Waals surface area contributed by atoms with E-state index < -0.39 is 0 Å². The first-order chi connectivity index (χ1) is 16.6. The number of pyridine rings is 1. The number of benzene rings is 1. The van der Waals surface area contributed by atoms with E-state index in [1.165, 1.54) is 13.3 Å². The van der Waals surface area contributed by atoms with Crippen LogP contribution in [-0.2, 0) is 11.4 Å². The zero-order valence-electron chi connectivity index (χ0n) is 19.5. The number of nitrogens with one attached hydrogen (secondary N) is 1. The number of rotatable bonds is 7. The van der Waals surface area contributed by atoms with E-state index >= 15 is 0 Å². The van der Waals surface area contributed by atoms with Crippen molar-refractivity contribution in [3.05, 3.63) is 77.9 Å². The number of hydrogen-bond acceptors (Lipinski definition) is 5. The second kappa shape index (κ2) is 11.6. The van der Waals surface area contributed by atoms with Gasteiger partial charge in [-0.3, -0.25) is 14.3 Å². The van der Waals surface area contributed by atoms with Crippen LogP contribution in [0.15, 0.2) is 66.2 Å². The maximum absolute atomic E-state index is 11.0. The molecule has 7 heteroatoms. The maximum Gasteiger partial charge on any atom is 0.217 e. The number of carbonyl (C=O) groups is 1. The molecule has 0 saturated carbocycles. The molecule has 1 atom stereocenters. The van der Waals surface area contributed by atoms with Gasteiger partial charge in [-0.05, 0) is 62.1 Å². The Labute approximate surface area is 204 Å². The minimum Gasteiger partial charge on any atom is -0.487 e. The molecular weight excluding hydrogens is 444 g/mol. The van der Waals surface area contributed by atoms with Crippen LogP contribution in [0.5, 0.6) is 5.75 Å². The molecule has 0 spiro atoms. The Morgan fingerprint density at radius 2 is 2.24 bits per heavy atom. The van der Waals surface area contributed by atoms with Crippen LogP contribution in [0, 0.1) is 18.8 Å². The molecular formula is C27H28N4O2S. The molecule has 1 N–H and O–H groups in total. The summed E-state index contributed by atoms with van der Waals surface area (Å²) < 4.78 is 8.27. The number of ether oxygens (including phenoxy) is 1. The lowest BCUT2D eigenvalue weighted by Gasteiger charge is -2.17. The number of carbonyl (C=O) groups excluding carboxylic acids is 1. The van der Waals surface area contributed by atoms with Crippen LogP contribution in [0.1, 0.15) is 43.0 Å². The molecule has 2 aromatic heterocycles. The average Bonchev–Trinajstić information content (AvgIpc) is 3.24. The van der Waals surface area contributed by atoms with E-state index in [9.17, 15) is 4.79 Å². The van der Waals surface area contributed by atoms with Gasteiger partial charge in [0.25, 0.3) is 0 Å². The van der Waals surface area contributed by atoms with E-state index in [4.69, 9.17) is 9.72 Å². The highest BCUT2D eigenvalue weighted by Gasteiger charge is 2.18. The fourth-order valence-electron chi connectivity index (χ4n) is 3.66. The Morgan fingerprint density at radius 1 is 1.32 bits per heavy atom. The van der Waals surface area contributed by atoms with Crippen LogP contribution >= 0.6 is 11.8 Å². The maximum atomic E-state index is 11.0. The first-order valence-electron chi connectivity index (χ1n) is 11.4. The predicted molar refractivity (Wildman–Crippen MR) is 135 cm³/mol. The van der Waals surface area contributed by atoms with Crippen LogP contribution < -0.4 is 10.1 Å². The van der Waals surface area contributed by atoms with Gasteiger partial charge in [-0.1, -0.05) is 35.8 Å². The van der Waals surface area contributed by atoms with Gasteiger partial charge in [0.2, 0.25) is 5.91 Å². The Bertz CT molecular complexity index is 1220. The summed E-state index contributed by atoms with van der Waals surface area (Å²) in [4.78, 5) is 20.0. The van der Waals surface area contributed by atoms with Crippen molar-refractivity contribution in [1.82, 2.24) is 19.9 Å². The number of imidazole rings is 1. The van der Waals surface area contributed by atoms with Gasteiger partial charge in [-0.2, -0.15) is 0 Å². The number of allylic oxidation sites excluding steroid dienone is 1. The number of nitrogens with zero attached hydrogens (tertiary/aromatic N) is 3. The highest BCUT2D eigenvalue weighted by atomic mass is 32.2. The number of aryl methyl sites for hydroxylation is 1. The van der Waals surface area contributed by atoms with E-state index in [2.05, 4.69) is 38.9 Å². The lowest BCUT2D eigenvalue weighted by atomic mass is 10.1. The molecule has 4 rings (SSSR count). The van der Waals surface area contributed by atoms with Crippen LogP contribution in [0.25, 0.3) is 5.69 Å². The number of thioether (sulfide) groups is 1. The summed E-state index contributed by atoms with van der Waals surface area (Å²) in [5.41, 5.74) is 3.88. The lowest BCUT2D eigenvalue weighted by Crippen LogP contribution is -2.19. The molecule has 0 saturated heterocycles. The highest BCUT2D eigenvalue weighted by Crippen LogP contribution is 2.32. The SMILES string of the molecule is CC(=O)NCC#Cc1ccc(OCc2cnc(SC3C=CCCC3)n2-c2cccnc2)cc1C. The molecule has 0 aliphatic heterocycles. The first-order valence-corrected chi connectivity index (χ1v) is 12.2. The quantitative estimate of drug-likeness (QED) is 0.394. The monoisotopic (exact) mass is 472 g/mol. The number of hydrogen-bond donors (Lipinski definition) is 1. The third-order valence-corrected chi connectivity index (χ3v) is 6.60. The Morgan fingerprint density at radius 3 is 2.97 bits per heavy atom. The topological polar surface area (TPSA) is 69.0 Å². The molecule has 1 aliphatic rings. The second-order valence-electron chi connectivity index (χ2n) is 8.07. The average molecular weight is 473 g/mol. The van der Waals surface area contributed by atoms with E-state index in [0.29, 0.717) is 18.4 Å². The summed E-state index contributed by atoms with van der Waals surface area (Å²) in [7, 11) is 0. The van der Waals surface area contributed by atoms with Crippen molar-refractivity contribution in [3.8, 4) is 23.3 Å². The molecule has 174 valence electrons. The summed E-state index contributed by atoms with van der Waals surface area (Å²) in [5, 5.41) is 4.06. The van der Waals surface area contributed by atoms with Crippen molar-refractivity contribution in [2.75, 3.05) is 6.54 Å². The van der Waals surface area contributed by atoms with Crippen molar-refractivity contribution in [3.63, 3.8) is 0 Å². The minimum absolute atomic E-state index is 0.0861. The molecule has 2 heterocycles. The lowest BCUT2D eigenvalue weighted by molar-refractivity contribution is -0.118. The highest BCUT2D eigenvalue weighted by molar-refractivity contribution is 7.99. The van der Waals surface area contributed by atoms with E-state index in [0.717, 1.165) is 46.3 Å². The molecule has 1 unspecified atom stereocenters. The number of aromatic nitrogens is 3. The summed E-state index contributed by atoms with van der Waals surface area (Å²) in [5.74, 6) is 6.74. The molecule has 3 aromatic rings. The largest absolute Gasteiger partial charge is 0.487 e. The van der Waals surface area contributed by atoms with Crippen LogP contribution in [-0.4, -0.2) is 32.2 Å². The molecule has 1 aliphatic carbocycles. The molecule has 1 amide bonds. The van der Waals surface area contributed by atoms with Gasteiger partial charge in [0.05, 0.1) is 30.3 Å². The third kappa shape index (κ3) is 6.30. The van der Waals surface area contributed by atoms with E-state index in [1.807, 2.05) is 49.6 Å². The molecule has 0 radical (unpaired) electrons. The minimum atomic E-state index is -0.0861. The smallest absolute Gasteiger partial charge is 0.217 e. The van der Waals surface area contributed by atoms with Gasteiger partial charge in [0, 0.05) is 23.9 Å². The first kappa shape index (κ1) is 23.7. The van der Waals surface area contributed by atoms with E-state index in [-0.39, 0.29) is 5.91 Å². The summed E-state index contributed by atoms with van der Waals surface area (Å²) >= 11 is 1.78. The van der Waals surface area contributed by atoms with Crippen LogP contribution in [0.3, 0.4) is 0 Å². The van der Waals surface area contributed by atoms with Crippen molar-refractivity contribution < 1.29 is 9.53 Å². The van der Waals surface area contributed by atoms with Crippen molar-refractivity contribution >= 4 is 17.7 Å². The van der Waals surface area contributed by atoms with Crippen LogP contribution in [0.4, 0.5) is 0 Å². The molecule has 1 aromatic carbocycles. The van der Waals surface area contributed by atoms with Crippen molar-refractivity contribution in [1.29, 1.82) is 0 Å². The standard InChI is InChI=1S/C27H28N4O2S/c1-20-16-25(13-12-22(20)8-6-15-29-21(2)32)33-19-24-18-30-27(34-26-10-4-3-5-11-26)31(24)23-9-7-14-28-17-23/h4,7,9-10,12-14,16-18,26H,3,5,11,15,19H2,1-2H3,(H,29,32). The van der Waals surface area contributed by atoms with Gasteiger partial charge in [-0.15, -0.1) is 0 Å². The van der Waals surface area contributed by atoms with Gasteiger partial charge in [0.1, 0.15) is 12.4 Å². The third-order valence-electron chi connectivity index (χ3n) is 5.41. The predicted octanol–water partition coefficient (Wildman–Crippen LogP) is 4.84. The molecule has 34 heavy (non-hydrogen) atoms. The van der Waals surface area contributed by atoms with Gasteiger partial charge in [0.15, 0.2) is 5.16 Å². The van der Waals surface area contributed by atoms with Crippen LogP contribution in [0.2, 0.25) is 0 Å². The molecule has 0 fully saturated rings. The van der Waals surface area contributed by atoms with Gasteiger partial charge >= 0.3 is 0 Å². The van der Waals surface area contributed by atoms with Crippen molar-refractivity contribution in [2.24, 2.45) is 0 Å². The number of amides is 1. The van der Waals surface area contributed by atoms with Gasteiger partial charge < -0.3 is 10.1 Å². The Kier molecular flexibility index (Phi) is 8.05. The zero-order chi connectivity index (χ0) is 23.8. The van der Waals surface area contributed by atoms with Gasteiger partial charge in [-0.25, -0.2) is 4.98 Å². The Balaban J connectivity index is 1.49. The van der Waals surface area contributed by atoms with E-state index in [1.54, 1.807) is 18.0 Å². The fraction of sp³-hybridized carbons (Fsp3) is 0.296. The summed E-state index contributed by atoms with van der Waals surface area (Å²) in [6, 6.07) is 9.82. The zero-order valence-corrected chi connectivity index (χ0v) is 20.3. The Hall–Kier alpha value is -3.50. The fourth-order valence-corrected chi connectivity index (χ4v) is 4.85. The summed E-state index contributed by atoms with van der Waals surface area (Å²) in [6.07, 6.45) is 13.6. The summed E-state index contributed by atoms with van der Waals surface area (Å²) in [6.45, 7) is 4.20. The molecule has 6 nitrogen and oxygen atoms in total. The normalized spacial score (nSPS) is 14.8. The van der Waals surface area contributed by atoms with Crippen molar-refractivity contribution in [2.45, 2.75) is 50.1 Å². The molecule has 0 bridgehead atoms.